The first-order valence-corrected chi connectivity index (χ1v) is 10.4. The maximum absolute atomic E-state index is 13.2. The van der Waals surface area contributed by atoms with Crippen LogP contribution in [0.5, 0.6) is 5.88 Å². The van der Waals surface area contributed by atoms with Crippen LogP contribution < -0.4 is 20.8 Å². The predicted octanol–water partition coefficient (Wildman–Crippen LogP) is 0.696. The largest absolute Gasteiger partial charge is 0.494 e. The molecule has 31 heavy (non-hydrogen) atoms. The lowest BCUT2D eigenvalue weighted by Gasteiger charge is -2.42. The van der Waals surface area contributed by atoms with E-state index >= 15 is 0 Å². The van der Waals surface area contributed by atoms with E-state index in [1.807, 2.05) is 20.8 Å². The van der Waals surface area contributed by atoms with Crippen molar-refractivity contribution >= 4 is 17.6 Å². The maximum Gasteiger partial charge on any atom is 0.281 e. The lowest BCUT2D eigenvalue weighted by molar-refractivity contribution is -0.142. The van der Waals surface area contributed by atoms with E-state index in [9.17, 15) is 14.7 Å². The van der Waals surface area contributed by atoms with Crippen molar-refractivity contribution in [1.29, 1.82) is 0 Å². The summed E-state index contributed by atoms with van der Waals surface area (Å²) in [6.45, 7) is 6.57. The van der Waals surface area contributed by atoms with Gasteiger partial charge in [-0.2, -0.15) is 4.98 Å². The van der Waals surface area contributed by atoms with Gasteiger partial charge in [0.25, 0.3) is 11.8 Å². The molecule has 2 fully saturated rings. The molecule has 1 aromatic rings. The quantitative estimate of drug-likeness (QED) is 0.480. The summed E-state index contributed by atoms with van der Waals surface area (Å²) in [6.07, 6.45) is 4.47. The van der Waals surface area contributed by atoms with E-state index in [2.05, 4.69) is 26.0 Å². The Morgan fingerprint density at radius 1 is 1.35 bits per heavy atom. The summed E-state index contributed by atoms with van der Waals surface area (Å²) in [5.74, 6) is -0.520. The van der Waals surface area contributed by atoms with Gasteiger partial charge in [-0.3, -0.25) is 14.6 Å². The molecule has 0 aromatic carbocycles. The van der Waals surface area contributed by atoms with E-state index in [1.165, 1.54) is 18.3 Å². The zero-order valence-electron chi connectivity index (χ0n) is 18.2. The van der Waals surface area contributed by atoms with Crippen molar-refractivity contribution < 1.29 is 19.4 Å². The number of hydrogen-bond acceptors (Lipinski definition) is 9. The second-order valence-corrected chi connectivity index (χ2v) is 9.30. The number of carbonyl (C=O) groups excluding carboxylic acids is 2. The molecule has 2 atom stereocenters. The predicted molar refractivity (Wildman–Crippen MR) is 111 cm³/mol. The third kappa shape index (κ3) is 4.50. The van der Waals surface area contributed by atoms with Crippen LogP contribution in [0.1, 0.15) is 40.0 Å². The van der Waals surface area contributed by atoms with Gasteiger partial charge in [-0.15, -0.1) is 0 Å². The zero-order valence-corrected chi connectivity index (χ0v) is 18.2. The van der Waals surface area contributed by atoms with Crippen molar-refractivity contribution in [3.8, 4) is 5.88 Å². The molecule has 4 rings (SSSR count). The number of carbonyl (C=O) groups is 2. The highest BCUT2D eigenvalue weighted by Crippen LogP contribution is 2.33. The standard InChI is InChI=1S/C20H29N7O4/c1-20(2,3)10-26-15-7-12(23-13-8-21-9-14(24-13)31-4)25-27(15)19(30)16(18(26)29)17(28)22-11-5-6-11/h8-9,11-12,15,25,29H,5-7,10H2,1-4H3,(H,22,28)(H,23,24). The molecule has 1 aromatic heterocycles. The topological polar surface area (TPSA) is 132 Å². The molecule has 168 valence electrons. The van der Waals surface area contributed by atoms with Gasteiger partial charge in [0.05, 0.1) is 25.7 Å². The number of ether oxygens (including phenoxy) is 1. The molecule has 4 N–H and O–H groups in total. The Balaban J connectivity index is 1.58. The number of aliphatic hydroxyl groups is 1. The Bertz CT molecular complexity index is 909. The highest BCUT2D eigenvalue weighted by molar-refractivity contribution is 6.19. The summed E-state index contributed by atoms with van der Waals surface area (Å²) in [5, 5.41) is 18.4. The van der Waals surface area contributed by atoms with Crippen LogP contribution in [0.4, 0.5) is 5.82 Å². The number of rotatable bonds is 6. The summed E-state index contributed by atoms with van der Waals surface area (Å²) < 4.78 is 5.10. The smallest absolute Gasteiger partial charge is 0.281 e. The fourth-order valence-electron chi connectivity index (χ4n) is 3.75. The normalized spacial score (nSPS) is 23.7. The molecule has 2 unspecified atom stereocenters. The molecule has 2 amide bonds. The van der Waals surface area contributed by atoms with Crippen LogP contribution in [0.15, 0.2) is 23.8 Å². The zero-order chi connectivity index (χ0) is 22.3. The minimum Gasteiger partial charge on any atom is -0.494 e. The number of nitrogens with zero attached hydrogens (tertiary/aromatic N) is 4. The van der Waals surface area contributed by atoms with Gasteiger partial charge in [0.15, 0.2) is 5.57 Å². The molecule has 1 saturated heterocycles. The van der Waals surface area contributed by atoms with E-state index < -0.39 is 18.0 Å². The number of amides is 2. The minimum atomic E-state index is -0.549. The van der Waals surface area contributed by atoms with Crippen molar-refractivity contribution in [3.63, 3.8) is 0 Å². The van der Waals surface area contributed by atoms with E-state index in [1.54, 1.807) is 11.1 Å². The summed E-state index contributed by atoms with van der Waals surface area (Å²) in [4.78, 5) is 36.0. The van der Waals surface area contributed by atoms with Gasteiger partial charge in [-0.05, 0) is 18.3 Å². The Hall–Kier alpha value is -3.08. The first-order valence-electron chi connectivity index (χ1n) is 10.4. The van der Waals surface area contributed by atoms with Crippen molar-refractivity contribution in [2.24, 2.45) is 5.41 Å². The number of hydrazine groups is 1. The fraction of sp³-hybridized carbons (Fsp3) is 0.600. The van der Waals surface area contributed by atoms with Crippen LogP contribution in [0.2, 0.25) is 0 Å². The first kappa shape index (κ1) is 21.2. The highest BCUT2D eigenvalue weighted by atomic mass is 16.5. The van der Waals surface area contributed by atoms with E-state index in [0.29, 0.717) is 24.7 Å². The molecule has 1 aliphatic carbocycles. The Morgan fingerprint density at radius 3 is 2.74 bits per heavy atom. The number of fused-ring (bicyclic) bond motifs is 1. The average molecular weight is 431 g/mol. The summed E-state index contributed by atoms with van der Waals surface area (Å²) in [5.41, 5.74) is 2.70. The maximum atomic E-state index is 13.2. The molecule has 1 saturated carbocycles. The lowest BCUT2D eigenvalue weighted by Crippen LogP contribution is -2.58. The monoisotopic (exact) mass is 431 g/mol. The number of nitrogens with one attached hydrogen (secondary N) is 3. The minimum absolute atomic E-state index is 0.0713. The first-order chi connectivity index (χ1) is 14.7. The van der Waals surface area contributed by atoms with Crippen molar-refractivity contribution in [2.75, 3.05) is 19.0 Å². The molecule has 0 radical (unpaired) electrons. The van der Waals surface area contributed by atoms with Crippen LogP contribution >= 0.6 is 0 Å². The number of aromatic nitrogens is 2. The Labute approximate surface area is 180 Å². The van der Waals surface area contributed by atoms with Gasteiger partial charge in [0.1, 0.15) is 12.0 Å². The third-order valence-electron chi connectivity index (χ3n) is 5.26. The van der Waals surface area contributed by atoms with Gasteiger partial charge in [-0.1, -0.05) is 20.8 Å². The summed E-state index contributed by atoms with van der Waals surface area (Å²) >= 11 is 0. The van der Waals surface area contributed by atoms with E-state index in [-0.39, 0.29) is 29.1 Å². The molecular weight excluding hydrogens is 402 g/mol. The molecule has 2 aliphatic heterocycles. The van der Waals surface area contributed by atoms with Gasteiger partial charge < -0.3 is 25.4 Å². The number of methoxy groups -OCH3 is 1. The van der Waals surface area contributed by atoms with Crippen molar-refractivity contribution in [2.45, 2.75) is 58.4 Å². The fourth-order valence-corrected chi connectivity index (χ4v) is 3.75. The second-order valence-electron chi connectivity index (χ2n) is 9.30. The molecule has 11 nitrogen and oxygen atoms in total. The van der Waals surface area contributed by atoms with Crippen LogP contribution in [0, 0.1) is 5.41 Å². The van der Waals surface area contributed by atoms with Gasteiger partial charge in [0.2, 0.25) is 11.8 Å². The molecule has 0 spiro atoms. The molecule has 11 heteroatoms. The summed E-state index contributed by atoms with van der Waals surface area (Å²) in [7, 11) is 1.51. The van der Waals surface area contributed by atoms with Crippen LogP contribution in [0.25, 0.3) is 0 Å². The van der Waals surface area contributed by atoms with E-state index in [4.69, 9.17) is 4.74 Å². The molecule has 3 heterocycles. The van der Waals surface area contributed by atoms with Crippen LogP contribution in [-0.4, -0.2) is 68.8 Å². The van der Waals surface area contributed by atoms with Gasteiger partial charge in [0, 0.05) is 19.0 Å². The van der Waals surface area contributed by atoms with Crippen LogP contribution in [0.3, 0.4) is 0 Å². The molecule has 0 bridgehead atoms. The number of anilines is 1. The highest BCUT2D eigenvalue weighted by Gasteiger charge is 2.49. The van der Waals surface area contributed by atoms with Crippen molar-refractivity contribution in [3.05, 3.63) is 23.8 Å². The third-order valence-corrected chi connectivity index (χ3v) is 5.26. The Morgan fingerprint density at radius 2 is 2.10 bits per heavy atom. The SMILES string of the molecule is COc1cncc(NC2CC3N(CC(C)(C)C)C(O)=C(C(=O)NC4CC4)C(=O)N3N2)n1. The second kappa shape index (κ2) is 7.88. The van der Waals surface area contributed by atoms with Gasteiger partial charge in [-0.25, -0.2) is 10.4 Å². The van der Waals surface area contributed by atoms with Crippen molar-refractivity contribution in [1.82, 2.24) is 30.6 Å². The number of aliphatic hydroxyl groups excluding tert-OH is 1. The van der Waals surface area contributed by atoms with Crippen LogP contribution in [-0.2, 0) is 9.59 Å². The Kier molecular flexibility index (Phi) is 5.38. The lowest BCUT2D eigenvalue weighted by atomic mass is 9.95. The van der Waals surface area contributed by atoms with E-state index in [0.717, 1.165) is 12.8 Å². The number of hydrogen-bond donors (Lipinski definition) is 4. The van der Waals surface area contributed by atoms with Gasteiger partial charge >= 0.3 is 0 Å². The molecule has 3 aliphatic rings. The average Bonchev–Trinajstić information content (AvgIpc) is 3.41. The molecular formula is C20H29N7O4. The summed E-state index contributed by atoms with van der Waals surface area (Å²) in [6, 6.07) is 0.0713.